The highest BCUT2D eigenvalue weighted by atomic mass is 32.2. The normalized spacial score (nSPS) is 32.0. The van der Waals surface area contributed by atoms with Gasteiger partial charge in [-0.05, 0) is 44.6 Å². The van der Waals surface area contributed by atoms with Crippen molar-refractivity contribution in [2.75, 3.05) is 32.4 Å². The number of hydrogen-bond acceptors (Lipinski definition) is 4. The van der Waals surface area contributed by atoms with Crippen LogP contribution in [0.15, 0.2) is 0 Å². The largest absolute Gasteiger partial charge is 0.316 e. The molecule has 0 aliphatic carbocycles. The van der Waals surface area contributed by atoms with Gasteiger partial charge in [0.05, 0.1) is 6.26 Å². The maximum Gasteiger partial charge on any atom is 0.211 e. The summed E-state index contributed by atoms with van der Waals surface area (Å²) in [7, 11) is -3.13. The molecule has 21 heavy (non-hydrogen) atoms. The summed E-state index contributed by atoms with van der Waals surface area (Å²) >= 11 is 0. The van der Waals surface area contributed by atoms with Crippen LogP contribution in [0.4, 0.5) is 0 Å². The van der Waals surface area contributed by atoms with Crippen LogP contribution in [0.25, 0.3) is 0 Å². The van der Waals surface area contributed by atoms with E-state index < -0.39 is 10.0 Å². The Morgan fingerprint density at radius 3 is 2.71 bits per heavy atom. The second-order valence-corrected chi connectivity index (χ2v) is 8.65. The van der Waals surface area contributed by atoms with Crippen LogP contribution in [0.1, 0.15) is 45.4 Å². The average Bonchev–Trinajstić information content (AvgIpc) is 2.47. The SMILES string of the molecule is CCC1(C(=O)CC2CCCN(S(C)(=O)=O)C2)CCCNC1. The summed E-state index contributed by atoms with van der Waals surface area (Å²) in [5.74, 6) is 0.517. The molecule has 122 valence electrons. The molecule has 2 rings (SSSR count). The van der Waals surface area contributed by atoms with Gasteiger partial charge in [-0.3, -0.25) is 4.79 Å². The highest BCUT2D eigenvalue weighted by molar-refractivity contribution is 7.88. The van der Waals surface area contributed by atoms with E-state index in [1.165, 1.54) is 10.6 Å². The Morgan fingerprint density at radius 2 is 2.14 bits per heavy atom. The average molecular weight is 316 g/mol. The van der Waals surface area contributed by atoms with Crippen molar-refractivity contribution in [2.24, 2.45) is 11.3 Å². The Kier molecular flexibility index (Phi) is 5.43. The van der Waals surface area contributed by atoms with Crippen molar-refractivity contribution in [2.45, 2.75) is 45.4 Å². The third kappa shape index (κ3) is 4.05. The number of hydrogen-bond donors (Lipinski definition) is 1. The molecule has 1 N–H and O–H groups in total. The van der Waals surface area contributed by atoms with Gasteiger partial charge in [-0.25, -0.2) is 12.7 Å². The number of nitrogens with zero attached hydrogens (tertiary/aromatic N) is 1. The molecular weight excluding hydrogens is 288 g/mol. The summed E-state index contributed by atoms with van der Waals surface area (Å²) in [6, 6.07) is 0. The van der Waals surface area contributed by atoms with E-state index in [1.54, 1.807) is 0 Å². The van der Waals surface area contributed by atoms with Crippen LogP contribution in [-0.2, 0) is 14.8 Å². The zero-order valence-corrected chi connectivity index (χ0v) is 14.0. The number of rotatable bonds is 5. The first-order valence-corrected chi connectivity index (χ1v) is 9.91. The van der Waals surface area contributed by atoms with Gasteiger partial charge < -0.3 is 5.32 Å². The van der Waals surface area contributed by atoms with Gasteiger partial charge in [-0.1, -0.05) is 6.92 Å². The minimum Gasteiger partial charge on any atom is -0.316 e. The van der Waals surface area contributed by atoms with E-state index in [0.717, 1.165) is 45.2 Å². The molecule has 2 fully saturated rings. The van der Waals surface area contributed by atoms with Crippen LogP contribution >= 0.6 is 0 Å². The van der Waals surface area contributed by atoms with Crippen molar-refractivity contribution in [1.82, 2.24) is 9.62 Å². The fourth-order valence-corrected chi connectivity index (χ4v) is 4.62. The van der Waals surface area contributed by atoms with E-state index in [9.17, 15) is 13.2 Å². The summed E-state index contributed by atoms with van der Waals surface area (Å²) < 4.78 is 24.9. The molecule has 0 aromatic heterocycles. The van der Waals surface area contributed by atoms with E-state index >= 15 is 0 Å². The number of ketones is 1. The molecule has 0 amide bonds. The van der Waals surface area contributed by atoms with Crippen molar-refractivity contribution in [3.8, 4) is 0 Å². The number of Topliss-reactive ketones (excluding diaryl/α,β-unsaturated/α-hetero) is 1. The molecule has 2 heterocycles. The molecule has 2 aliphatic rings. The first-order valence-electron chi connectivity index (χ1n) is 8.06. The van der Waals surface area contributed by atoms with Gasteiger partial charge >= 0.3 is 0 Å². The van der Waals surface area contributed by atoms with Crippen molar-refractivity contribution in [1.29, 1.82) is 0 Å². The zero-order chi connectivity index (χ0) is 15.5. The molecule has 5 nitrogen and oxygen atoms in total. The predicted molar refractivity (Wildman–Crippen MR) is 83.6 cm³/mol. The Hall–Kier alpha value is -0.460. The summed E-state index contributed by atoms with van der Waals surface area (Å²) in [5.41, 5.74) is -0.217. The molecule has 2 aliphatic heterocycles. The van der Waals surface area contributed by atoms with Gasteiger partial charge in [-0.2, -0.15) is 0 Å². The maximum absolute atomic E-state index is 12.8. The Bertz CT molecular complexity index is 469. The quantitative estimate of drug-likeness (QED) is 0.832. The van der Waals surface area contributed by atoms with E-state index in [1.807, 2.05) is 0 Å². The van der Waals surface area contributed by atoms with Gasteiger partial charge in [-0.15, -0.1) is 0 Å². The van der Waals surface area contributed by atoms with E-state index in [0.29, 0.717) is 25.3 Å². The first-order chi connectivity index (χ1) is 9.87. The molecule has 2 atom stereocenters. The monoisotopic (exact) mass is 316 g/mol. The van der Waals surface area contributed by atoms with Gasteiger partial charge in [0.25, 0.3) is 0 Å². The number of carbonyl (C=O) groups excluding carboxylic acids is 1. The van der Waals surface area contributed by atoms with E-state index in [4.69, 9.17) is 0 Å². The minimum absolute atomic E-state index is 0.186. The fourth-order valence-electron chi connectivity index (χ4n) is 3.68. The topological polar surface area (TPSA) is 66.5 Å². The second kappa shape index (κ2) is 6.75. The fraction of sp³-hybridized carbons (Fsp3) is 0.933. The van der Waals surface area contributed by atoms with Crippen LogP contribution in [0, 0.1) is 11.3 Å². The number of carbonyl (C=O) groups is 1. The van der Waals surface area contributed by atoms with Crippen molar-refractivity contribution in [3.63, 3.8) is 0 Å². The molecule has 2 saturated heterocycles. The smallest absolute Gasteiger partial charge is 0.211 e. The molecule has 0 saturated carbocycles. The number of nitrogens with one attached hydrogen (secondary N) is 1. The molecule has 2 unspecified atom stereocenters. The lowest BCUT2D eigenvalue weighted by Crippen LogP contribution is -2.47. The van der Waals surface area contributed by atoms with Crippen LogP contribution in [0.2, 0.25) is 0 Å². The summed E-state index contributed by atoms with van der Waals surface area (Å²) in [5, 5.41) is 3.35. The molecule has 0 bridgehead atoms. The summed E-state index contributed by atoms with van der Waals surface area (Å²) in [6.07, 6.45) is 6.52. The molecular formula is C15H28N2O3S. The lowest BCUT2D eigenvalue weighted by Gasteiger charge is -2.38. The molecule has 0 spiro atoms. The third-order valence-corrected chi connectivity index (χ3v) is 6.44. The number of sulfonamides is 1. The standard InChI is InChI=1S/C15H28N2O3S/c1-3-15(7-5-8-16-12-15)14(18)10-13-6-4-9-17(11-13)21(2,19)20/h13,16H,3-12H2,1-2H3. The molecule has 0 aromatic carbocycles. The molecule has 0 radical (unpaired) electrons. The zero-order valence-electron chi connectivity index (χ0n) is 13.2. The minimum atomic E-state index is -3.13. The Labute approximate surface area is 128 Å². The third-order valence-electron chi connectivity index (χ3n) is 5.17. The van der Waals surface area contributed by atoms with Gasteiger partial charge in [0.2, 0.25) is 10.0 Å². The lowest BCUT2D eigenvalue weighted by molar-refractivity contribution is -0.131. The molecule has 6 heteroatoms. The van der Waals surface area contributed by atoms with Crippen LogP contribution < -0.4 is 5.32 Å². The van der Waals surface area contributed by atoms with Gasteiger partial charge in [0, 0.05) is 31.5 Å². The van der Waals surface area contributed by atoms with Crippen molar-refractivity contribution in [3.05, 3.63) is 0 Å². The van der Waals surface area contributed by atoms with E-state index in [2.05, 4.69) is 12.2 Å². The van der Waals surface area contributed by atoms with Crippen molar-refractivity contribution >= 4 is 15.8 Å². The van der Waals surface area contributed by atoms with Crippen LogP contribution in [-0.4, -0.2) is 50.9 Å². The molecule has 0 aromatic rings. The van der Waals surface area contributed by atoms with Crippen LogP contribution in [0.5, 0.6) is 0 Å². The summed E-state index contributed by atoms with van der Waals surface area (Å²) in [6.45, 7) is 4.99. The van der Waals surface area contributed by atoms with Gasteiger partial charge in [0.15, 0.2) is 0 Å². The maximum atomic E-state index is 12.8. The highest BCUT2D eigenvalue weighted by Gasteiger charge is 2.39. The second-order valence-electron chi connectivity index (χ2n) is 6.67. The first kappa shape index (κ1) is 16.9. The van der Waals surface area contributed by atoms with Crippen LogP contribution in [0.3, 0.4) is 0 Å². The highest BCUT2D eigenvalue weighted by Crippen LogP contribution is 2.34. The number of piperidine rings is 2. The Balaban J connectivity index is 1.98. The lowest BCUT2D eigenvalue weighted by atomic mass is 9.72. The summed E-state index contributed by atoms with van der Waals surface area (Å²) in [4.78, 5) is 12.8. The van der Waals surface area contributed by atoms with E-state index in [-0.39, 0.29) is 11.3 Å². The predicted octanol–water partition coefficient (Wildman–Crippen LogP) is 1.40. The van der Waals surface area contributed by atoms with Gasteiger partial charge in [0.1, 0.15) is 5.78 Å². The Morgan fingerprint density at radius 1 is 1.38 bits per heavy atom. The van der Waals surface area contributed by atoms with Crippen molar-refractivity contribution < 1.29 is 13.2 Å².